The number of ether oxygens (including phenoxy) is 1. The predicted octanol–water partition coefficient (Wildman–Crippen LogP) is 4.59. The molecule has 0 heterocycles. The Morgan fingerprint density at radius 1 is 1.06 bits per heavy atom. The number of hydrogen-bond donors (Lipinski definition) is 0. The first-order valence-electron chi connectivity index (χ1n) is 7.18. The third-order valence-corrected chi connectivity index (χ3v) is 3.81. The van der Waals surface area contributed by atoms with E-state index < -0.39 is 0 Å². The van der Waals surface area contributed by atoms with Crippen LogP contribution in [0, 0.1) is 0 Å². The van der Waals surface area contributed by atoms with Crippen molar-refractivity contribution in [3.63, 3.8) is 0 Å². The number of thioether (sulfide) groups is 1. The molecule has 0 bridgehead atoms. The zero-order chi connectivity index (χ0) is 13.5. The van der Waals surface area contributed by atoms with Gasteiger partial charge in [0.1, 0.15) is 6.61 Å². The van der Waals surface area contributed by atoms with Gasteiger partial charge in [0.2, 0.25) is 0 Å². The van der Waals surface area contributed by atoms with Gasteiger partial charge in [-0.1, -0.05) is 58.4 Å². The van der Waals surface area contributed by atoms with E-state index in [4.69, 9.17) is 4.74 Å². The molecular formula is C15H28O2S. The zero-order valence-electron chi connectivity index (χ0n) is 11.8. The van der Waals surface area contributed by atoms with Crippen LogP contribution in [0.15, 0.2) is 12.7 Å². The monoisotopic (exact) mass is 272 g/mol. The molecule has 0 rings (SSSR count). The molecule has 0 aliphatic rings. The normalized spacial score (nSPS) is 10.3. The van der Waals surface area contributed by atoms with Crippen LogP contribution in [0.3, 0.4) is 0 Å². The zero-order valence-corrected chi connectivity index (χ0v) is 12.6. The Morgan fingerprint density at radius 2 is 1.67 bits per heavy atom. The highest BCUT2D eigenvalue weighted by molar-refractivity contribution is 7.99. The average Bonchev–Trinajstić information content (AvgIpc) is 2.39. The molecule has 0 N–H and O–H groups in total. The van der Waals surface area contributed by atoms with Crippen molar-refractivity contribution in [2.45, 2.75) is 58.3 Å². The van der Waals surface area contributed by atoms with Gasteiger partial charge in [0.25, 0.3) is 0 Å². The fourth-order valence-corrected chi connectivity index (χ4v) is 2.51. The molecule has 0 fully saturated rings. The van der Waals surface area contributed by atoms with Gasteiger partial charge in [-0.05, 0) is 12.2 Å². The van der Waals surface area contributed by atoms with Crippen LogP contribution in [0.25, 0.3) is 0 Å². The molecule has 0 saturated heterocycles. The van der Waals surface area contributed by atoms with E-state index in [1.165, 1.54) is 63.2 Å². The van der Waals surface area contributed by atoms with Gasteiger partial charge in [-0.2, -0.15) is 11.8 Å². The molecule has 0 spiro atoms. The highest BCUT2D eigenvalue weighted by Gasteiger charge is 1.96. The van der Waals surface area contributed by atoms with Crippen LogP contribution in [-0.2, 0) is 9.53 Å². The molecule has 3 heteroatoms. The summed E-state index contributed by atoms with van der Waals surface area (Å²) in [7, 11) is 0. The van der Waals surface area contributed by atoms with Crippen LogP contribution in [0.4, 0.5) is 0 Å². The molecule has 2 nitrogen and oxygen atoms in total. The number of esters is 1. The maximum Gasteiger partial charge on any atom is 0.330 e. The molecule has 0 unspecified atom stereocenters. The standard InChI is InChI=1S/C15H28O2S/c1-3-5-6-7-8-9-10-11-13-18-14-12-17-15(16)4-2/h4H,2-3,5-14H2,1H3. The minimum atomic E-state index is -0.317. The van der Waals surface area contributed by atoms with Gasteiger partial charge in [-0.15, -0.1) is 0 Å². The third-order valence-electron chi connectivity index (χ3n) is 2.78. The van der Waals surface area contributed by atoms with Crippen molar-refractivity contribution in [3.05, 3.63) is 12.7 Å². The number of unbranched alkanes of at least 4 members (excludes halogenated alkanes) is 7. The summed E-state index contributed by atoms with van der Waals surface area (Å²) in [4.78, 5) is 10.7. The first kappa shape index (κ1) is 17.6. The molecule has 18 heavy (non-hydrogen) atoms. The second-order valence-electron chi connectivity index (χ2n) is 4.46. The van der Waals surface area contributed by atoms with Crippen molar-refractivity contribution >= 4 is 17.7 Å². The first-order valence-corrected chi connectivity index (χ1v) is 8.33. The quantitative estimate of drug-likeness (QED) is 0.279. The SMILES string of the molecule is C=CC(=O)OCCSCCCCCCCCCC. The highest BCUT2D eigenvalue weighted by Crippen LogP contribution is 2.11. The molecule has 0 amide bonds. The van der Waals surface area contributed by atoms with Gasteiger partial charge in [-0.3, -0.25) is 0 Å². The lowest BCUT2D eigenvalue weighted by atomic mass is 10.1. The van der Waals surface area contributed by atoms with E-state index in [1.807, 2.05) is 11.8 Å². The molecule has 0 aromatic carbocycles. The topological polar surface area (TPSA) is 26.3 Å². The number of carbonyl (C=O) groups excluding carboxylic acids is 1. The molecule has 0 aliphatic carbocycles. The summed E-state index contributed by atoms with van der Waals surface area (Å²) >= 11 is 1.87. The summed E-state index contributed by atoms with van der Waals surface area (Å²) < 4.78 is 4.90. The van der Waals surface area contributed by atoms with Gasteiger partial charge in [0.05, 0.1) is 0 Å². The average molecular weight is 272 g/mol. The third kappa shape index (κ3) is 13.6. The van der Waals surface area contributed by atoms with E-state index in [-0.39, 0.29) is 5.97 Å². The Morgan fingerprint density at radius 3 is 2.28 bits per heavy atom. The van der Waals surface area contributed by atoms with Crippen LogP contribution in [-0.4, -0.2) is 24.1 Å². The summed E-state index contributed by atoms with van der Waals surface area (Å²) in [6.45, 7) is 6.11. The number of rotatable bonds is 13. The lowest BCUT2D eigenvalue weighted by molar-refractivity contribution is -0.137. The van der Waals surface area contributed by atoms with Crippen LogP contribution >= 0.6 is 11.8 Å². The van der Waals surface area contributed by atoms with Crippen molar-refractivity contribution in [2.75, 3.05) is 18.1 Å². The minimum absolute atomic E-state index is 0.317. The fraction of sp³-hybridized carbons (Fsp3) is 0.800. The molecule has 0 atom stereocenters. The van der Waals surface area contributed by atoms with Crippen molar-refractivity contribution < 1.29 is 9.53 Å². The molecular weight excluding hydrogens is 244 g/mol. The molecule has 106 valence electrons. The van der Waals surface area contributed by atoms with E-state index in [0.29, 0.717) is 6.61 Å². The van der Waals surface area contributed by atoms with Crippen LogP contribution in [0.2, 0.25) is 0 Å². The Labute approximate surface area is 117 Å². The summed E-state index contributed by atoms with van der Waals surface area (Å²) in [5.41, 5.74) is 0. The van der Waals surface area contributed by atoms with Gasteiger partial charge < -0.3 is 4.74 Å². The van der Waals surface area contributed by atoms with E-state index in [0.717, 1.165) is 5.75 Å². The first-order chi connectivity index (χ1) is 8.81. The maximum atomic E-state index is 10.7. The van der Waals surface area contributed by atoms with E-state index in [1.54, 1.807) is 0 Å². The van der Waals surface area contributed by atoms with Crippen molar-refractivity contribution in [1.82, 2.24) is 0 Å². The predicted molar refractivity (Wildman–Crippen MR) is 81.1 cm³/mol. The van der Waals surface area contributed by atoms with Gasteiger partial charge >= 0.3 is 5.97 Å². The van der Waals surface area contributed by atoms with Crippen LogP contribution < -0.4 is 0 Å². The molecule has 0 aliphatic heterocycles. The Bertz CT molecular complexity index is 205. The Kier molecular flexibility index (Phi) is 14.3. The number of hydrogen-bond acceptors (Lipinski definition) is 3. The minimum Gasteiger partial charge on any atom is -0.462 e. The molecule has 0 aromatic heterocycles. The highest BCUT2D eigenvalue weighted by atomic mass is 32.2. The van der Waals surface area contributed by atoms with E-state index >= 15 is 0 Å². The largest absolute Gasteiger partial charge is 0.462 e. The van der Waals surface area contributed by atoms with Crippen molar-refractivity contribution in [2.24, 2.45) is 0 Å². The van der Waals surface area contributed by atoms with Gasteiger partial charge in [0.15, 0.2) is 0 Å². The molecule has 0 radical (unpaired) electrons. The number of carbonyl (C=O) groups is 1. The summed E-state index contributed by atoms with van der Waals surface area (Å²) in [6, 6.07) is 0. The Hall–Kier alpha value is -0.440. The lowest BCUT2D eigenvalue weighted by Crippen LogP contribution is -2.03. The fourth-order valence-electron chi connectivity index (χ4n) is 1.70. The van der Waals surface area contributed by atoms with Gasteiger partial charge in [0, 0.05) is 11.8 Å². The lowest BCUT2D eigenvalue weighted by Gasteiger charge is -2.03. The molecule has 0 aromatic rings. The van der Waals surface area contributed by atoms with Crippen molar-refractivity contribution in [3.8, 4) is 0 Å². The van der Waals surface area contributed by atoms with E-state index in [2.05, 4.69) is 13.5 Å². The second-order valence-corrected chi connectivity index (χ2v) is 5.68. The summed E-state index contributed by atoms with van der Waals surface area (Å²) in [5.74, 6) is 1.76. The smallest absolute Gasteiger partial charge is 0.330 e. The summed E-state index contributed by atoms with van der Waals surface area (Å²) in [5, 5.41) is 0. The van der Waals surface area contributed by atoms with Crippen LogP contribution in [0.1, 0.15) is 58.3 Å². The van der Waals surface area contributed by atoms with Gasteiger partial charge in [-0.25, -0.2) is 4.79 Å². The van der Waals surface area contributed by atoms with Crippen molar-refractivity contribution in [1.29, 1.82) is 0 Å². The summed E-state index contributed by atoms with van der Waals surface area (Å²) in [6.07, 6.45) is 12.1. The van der Waals surface area contributed by atoms with Crippen LogP contribution in [0.5, 0.6) is 0 Å². The Balaban J connectivity index is 2.98. The van der Waals surface area contributed by atoms with E-state index in [9.17, 15) is 4.79 Å². The molecule has 0 saturated carbocycles. The second kappa shape index (κ2) is 14.6. The maximum absolute atomic E-state index is 10.7.